The molecule has 0 spiro atoms. The van der Waals surface area contributed by atoms with Crippen LogP contribution in [0.2, 0.25) is 0 Å². The van der Waals surface area contributed by atoms with Crippen LogP contribution in [0.5, 0.6) is 0 Å². The van der Waals surface area contributed by atoms with E-state index >= 15 is 0 Å². The van der Waals surface area contributed by atoms with Crippen molar-refractivity contribution in [3.05, 3.63) is 132 Å². The normalized spacial score (nSPS) is 10.4. The largest absolute Gasteiger partial charge is 4.00 e. The van der Waals surface area contributed by atoms with Crippen molar-refractivity contribution in [1.29, 1.82) is 0 Å². The van der Waals surface area contributed by atoms with Crippen molar-refractivity contribution in [3.8, 4) is 22.3 Å². The van der Waals surface area contributed by atoms with E-state index in [2.05, 4.69) is 135 Å². The van der Waals surface area contributed by atoms with Crippen molar-refractivity contribution >= 4 is 21.5 Å². The molecule has 0 amide bonds. The van der Waals surface area contributed by atoms with Gasteiger partial charge >= 0.3 is 26.2 Å². The molecule has 6 aromatic rings. The third-order valence-corrected chi connectivity index (χ3v) is 8.43. The van der Waals surface area contributed by atoms with Gasteiger partial charge in [0.15, 0.2) is 0 Å². The first-order valence-corrected chi connectivity index (χ1v) is 16.2. The predicted molar refractivity (Wildman–Crippen MR) is 186 cm³/mol. The van der Waals surface area contributed by atoms with Gasteiger partial charge in [-0.25, -0.2) is 0 Å². The van der Waals surface area contributed by atoms with Crippen molar-refractivity contribution < 1.29 is 51.0 Å². The maximum atomic E-state index is 2.39. The Morgan fingerprint density at radius 1 is 0.444 bits per heavy atom. The molecule has 0 aliphatic heterocycles. The predicted octanol–water partition coefficient (Wildman–Crippen LogP) is 6.70. The fraction of sp³-hybridized carbons (Fsp3) is 0.286. The summed E-state index contributed by atoms with van der Waals surface area (Å²) in [5.41, 5.74) is 8.31. The smallest absolute Gasteiger partial charge is 1.00 e. The molecule has 0 aliphatic rings. The van der Waals surface area contributed by atoms with Crippen LogP contribution in [0.3, 0.4) is 0 Å². The second kappa shape index (κ2) is 20.6. The van der Waals surface area contributed by atoms with E-state index in [1.807, 2.05) is 0 Å². The van der Waals surface area contributed by atoms with Gasteiger partial charge < -0.3 is 24.8 Å². The monoisotopic (exact) mass is 710 g/mol. The zero-order valence-electron chi connectivity index (χ0n) is 26.9. The van der Waals surface area contributed by atoms with E-state index in [0.717, 1.165) is 0 Å². The maximum Gasteiger partial charge on any atom is 4.00 e. The minimum absolute atomic E-state index is 0. The summed E-state index contributed by atoms with van der Waals surface area (Å²) < 4.78 is 0. The number of halogens is 2. The Morgan fingerprint density at radius 3 is 1.22 bits per heavy atom. The first-order valence-electron chi connectivity index (χ1n) is 16.2. The van der Waals surface area contributed by atoms with Gasteiger partial charge in [-0.15, -0.1) is 69.1 Å². The van der Waals surface area contributed by atoms with E-state index in [0.29, 0.717) is 0 Å². The summed E-state index contributed by atoms with van der Waals surface area (Å²) in [5.74, 6) is 0. The van der Waals surface area contributed by atoms with Gasteiger partial charge in [0.2, 0.25) is 0 Å². The average molecular weight is 713 g/mol. The minimum atomic E-state index is 0. The molecule has 45 heavy (non-hydrogen) atoms. The molecule has 0 nitrogen and oxygen atoms in total. The second-order valence-electron chi connectivity index (χ2n) is 11.7. The van der Waals surface area contributed by atoms with Gasteiger partial charge in [-0.1, -0.05) is 149 Å². The van der Waals surface area contributed by atoms with Crippen molar-refractivity contribution in [2.75, 3.05) is 0 Å². The molecule has 0 radical (unpaired) electrons. The standard InChI is InChI=1S/2C21H23.2ClH.Zr/c2*1-2-3-4-6-10-17-15-19-13-9-14-20(21(19)16-17)18-11-7-5-8-12-18;;;/h2*5,7-9,11-16H,2-4,6,10H2,1H3;2*1H;/q2*-1;;;+4/p-2. The molecular formula is C42H46Cl2Zr. The van der Waals surface area contributed by atoms with Crippen LogP contribution in [-0.2, 0) is 39.0 Å². The van der Waals surface area contributed by atoms with Crippen molar-refractivity contribution in [2.24, 2.45) is 0 Å². The molecule has 0 bridgehead atoms. The van der Waals surface area contributed by atoms with Gasteiger partial charge in [-0.3, -0.25) is 0 Å². The zero-order chi connectivity index (χ0) is 29.0. The van der Waals surface area contributed by atoms with Crippen LogP contribution in [-0.4, -0.2) is 0 Å². The summed E-state index contributed by atoms with van der Waals surface area (Å²) in [7, 11) is 0. The quantitative estimate of drug-likeness (QED) is 0.0980. The Labute approximate surface area is 303 Å². The van der Waals surface area contributed by atoms with Crippen LogP contribution in [0.25, 0.3) is 43.8 Å². The molecule has 0 aliphatic carbocycles. The van der Waals surface area contributed by atoms with Gasteiger partial charge in [0, 0.05) is 0 Å². The molecule has 3 heteroatoms. The molecule has 0 fully saturated rings. The Kier molecular flexibility index (Phi) is 17.8. The van der Waals surface area contributed by atoms with E-state index in [1.54, 1.807) is 0 Å². The van der Waals surface area contributed by atoms with Crippen molar-refractivity contribution in [2.45, 2.75) is 78.1 Å². The van der Waals surface area contributed by atoms with Gasteiger partial charge in [-0.2, -0.15) is 12.1 Å². The maximum absolute atomic E-state index is 2.39. The Bertz CT molecular complexity index is 1520. The van der Waals surface area contributed by atoms with E-state index in [9.17, 15) is 0 Å². The molecule has 0 saturated heterocycles. The Morgan fingerprint density at radius 2 is 0.844 bits per heavy atom. The fourth-order valence-electron chi connectivity index (χ4n) is 6.13. The summed E-state index contributed by atoms with van der Waals surface area (Å²) in [6, 6.07) is 44.2. The topological polar surface area (TPSA) is 0 Å². The van der Waals surface area contributed by atoms with Gasteiger partial charge in [0.1, 0.15) is 0 Å². The Balaban J connectivity index is 0.000000294. The first kappa shape index (κ1) is 38.7. The summed E-state index contributed by atoms with van der Waals surface area (Å²) in [6.07, 6.45) is 13.1. The van der Waals surface area contributed by atoms with E-state index in [1.165, 1.54) is 119 Å². The molecule has 6 rings (SSSR count). The second-order valence-corrected chi connectivity index (χ2v) is 11.7. The molecule has 0 atom stereocenters. The SMILES string of the molecule is CCCCCCc1cc2c(-c3ccccc3)cccc2[cH-]1.CCCCCCc1cc2c(-c3ccccc3)cccc2[cH-]1.[Cl-].[Cl-].[Zr+4]. The molecule has 6 aromatic carbocycles. The number of benzene rings is 4. The van der Waals surface area contributed by atoms with Crippen LogP contribution in [0.1, 0.15) is 76.3 Å². The number of aryl methyl sites for hydroxylation is 2. The van der Waals surface area contributed by atoms with Crippen LogP contribution in [0.15, 0.2) is 121 Å². The van der Waals surface area contributed by atoms with Crippen LogP contribution in [0, 0.1) is 0 Å². The van der Waals surface area contributed by atoms with Crippen molar-refractivity contribution in [1.82, 2.24) is 0 Å². The molecule has 232 valence electrons. The number of fused-ring (bicyclic) bond motifs is 2. The summed E-state index contributed by atoms with van der Waals surface area (Å²) in [5, 5.41) is 5.55. The number of unbranched alkanes of at least 4 members (excludes halogenated alkanes) is 6. The zero-order valence-corrected chi connectivity index (χ0v) is 30.8. The summed E-state index contributed by atoms with van der Waals surface area (Å²) in [6.45, 7) is 4.53. The minimum Gasteiger partial charge on any atom is -1.00 e. The van der Waals surface area contributed by atoms with E-state index in [-0.39, 0.29) is 51.0 Å². The molecule has 0 aromatic heterocycles. The van der Waals surface area contributed by atoms with Gasteiger partial charge in [0.25, 0.3) is 0 Å². The third-order valence-electron chi connectivity index (χ3n) is 8.43. The first-order chi connectivity index (χ1) is 20.8. The van der Waals surface area contributed by atoms with Crippen LogP contribution < -0.4 is 24.8 Å². The number of rotatable bonds is 12. The van der Waals surface area contributed by atoms with E-state index < -0.39 is 0 Å². The summed E-state index contributed by atoms with van der Waals surface area (Å²) >= 11 is 0. The molecule has 0 unspecified atom stereocenters. The molecular weight excluding hydrogens is 667 g/mol. The van der Waals surface area contributed by atoms with Gasteiger partial charge in [-0.05, 0) is 24.0 Å². The molecule has 0 saturated carbocycles. The van der Waals surface area contributed by atoms with Gasteiger partial charge in [0.05, 0.1) is 0 Å². The Hall–Kier alpha value is -2.44. The fourth-order valence-corrected chi connectivity index (χ4v) is 6.13. The number of hydrogen-bond donors (Lipinski definition) is 0. The molecule has 0 heterocycles. The average Bonchev–Trinajstić information content (AvgIpc) is 3.66. The molecule has 0 N–H and O–H groups in total. The third kappa shape index (κ3) is 10.8. The van der Waals surface area contributed by atoms with Crippen molar-refractivity contribution in [3.63, 3.8) is 0 Å². The van der Waals surface area contributed by atoms with Crippen LogP contribution >= 0.6 is 0 Å². The van der Waals surface area contributed by atoms with Crippen LogP contribution in [0.4, 0.5) is 0 Å². The van der Waals surface area contributed by atoms with E-state index in [4.69, 9.17) is 0 Å². The summed E-state index contributed by atoms with van der Waals surface area (Å²) in [4.78, 5) is 0. The number of hydrogen-bond acceptors (Lipinski definition) is 0.